The van der Waals surface area contributed by atoms with E-state index in [9.17, 15) is 4.79 Å². The van der Waals surface area contributed by atoms with Gasteiger partial charge in [0.05, 0.1) is 12.2 Å². The summed E-state index contributed by atoms with van der Waals surface area (Å²) < 4.78 is 0. The normalized spacial score (nSPS) is 24.6. The van der Waals surface area contributed by atoms with Gasteiger partial charge in [0, 0.05) is 12.1 Å². The molecule has 1 heterocycles. The van der Waals surface area contributed by atoms with Crippen molar-refractivity contribution in [2.75, 3.05) is 20.6 Å². The first-order chi connectivity index (χ1) is 9.06. The van der Waals surface area contributed by atoms with Gasteiger partial charge in [-0.15, -0.1) is 0 Å². The van der Waals surface area contributed by atoms with Gasteiger partial charge in [0.1, 0.15) is 0 Å². The summed E-state index contributed by atoms with van der Waals surface area (Å²) in [5.41, 5.74) is -0.0167. The van der Waals surface area contributed by atoms with Gasteiger partial charge < -0.3 is 9.80 Å². The third-order valence-electron chi connectivity index (χ3n) is 4.40. The molecule has 1 aliphatic heterocycles. The van der Waals surface area contributed by atoms with E-state index in [1.165, 1.54) is 0 Å². The van der Waals surface area contributed by atoms with E-state index in [0.29, 0.717) is 11.8 Å². The number of nitrogens with one attached hydrogen (secondary N) is 1. The highest BCUT2D eigenvalue weighted by Crippen LogP contribution is 2.24. The zero-order chi connectivity index (χ0) is 15.7. The number of likely N-dealkylation sites (N-methyl/N-ethyl adjacent to an activating group) is 1. The van der Waals surface area contributed by atoms with Crippen molar-refractivity contribution in [1.82, 2.24) is 15.1 Å². The maximum atomic E-state index is 12.7. The van der Waals surface area contributed by atoms with E-state index in [1.54, 1.807) is 0 Å². The fourth-order valence-corrected chi connectivity index (χ4v) is 2.63. The molecular formula is C16H33N3O. The summed E-state index contributed by atoms with van der Waals surface area (Å²) in [6, 6.07) is -0.0136. The second-order valence-electron chi connectivity index (χ2n) is 7.71. The fraction of sp³-hybridized carbons (Fsp3) is 0.938. The molecule has 0 bridgehead atoms. The molecule has 1 N–H and O–H groups in total. The predicted octanol–water partition coefficient (Wildman–Crippen LogP) is 2.16. The number of carbonyl (C=O) groups excluding carboxylic acids is 1. The zero-order valence-electron chi connectivity index (χ0n) is 14.5. The van der Waals surface area contributed by atoms with E-state index in [1.807, 2.05) is 0 Å². The van der Waals surface area contributed by atoms with Crippen molar-refractivity contribution in [3.63, 3.8) is 0 Å². The van der Waals surface area contributed by atoms with Crippen LogP contribution in [0.15, 0.2) is 0 Å². The van der Waals surface area contributed by atoms with Crippen molar-refractivity contribution >= 4 is 5.91 Å². The van der Waals surface area contributed by atoms with E-state index in [-0.39, 0.29) is 23.7 Å². The Morgan fingerprint density at radius 3 is 2.20 bits per heavy atom. The molecule has 4 heteroatoms. The number of carbonyl (C=O) groups is 1. The lowest BCUT2D eigenvalue weighted by Gasteiger charge is -2.39. The van der Waals surface area contributed by atoms with Crippen LogP contribution in [0.1, 0.15) is 48.0 Å². The van der Waals surface area contributed by atoms with Crippen LogP contribution in [0.3, 0.4) is 0 Å². The molecule has 2 unspecified atom stereocenters. The van der Waals surface area contributed by atoms with E-state index in [0.717, 1.165) is 13.0 Å². The minimum atomic E-state index is -0.0167. The van der Waals surface area contributed by atoms with Crippen LogP contribution in [0, 0.1) is 11.8 Å². The Kier molecular flexibility index (Phi) is 5.61. The second-order valence-corrected chi connectivity index (χ2v) is 7.71. The summed E-state index contributed by atoms with van der Waals surface area (Å²) in [5.74, 6) is 1.23. The fourth-order valence-electron chi connectivity index (χ4n) is 2.63. The van der Waals surface area contributed by atoms with Crippen LogP contribution in [0.4, 0.5) is 0 Å². The molecule has 1 aliphatic rings. The van der Waals surface area contributed by atoms with E-state index < -0.39 is 0 Å². The second kappa shape index (κ2) is 6.44. The minimum absolute atomic E-state index is 0.0136. The van der Waals surface area contributed by atoms with Crippen molar-refractivity contribution in [3.05, 3.63) is 0 Å². The molecule has 0 aromatic heterocycles. The Bertz CT molecular complexity index is 337. The van der Waals surface area contributed by atoms with Crippen LogP contribution in [0.2, 0.25) is 0 Å². The maximum Gasteiger partial charge on any atom is 0.241 e. The minimum Gasteiger partial charge on any atom is -0.324 e. The maximum absolute atomic E-state index is 12.7. The summed E-state index contributed by atoms with van der Waals surface area (Å²) in [6.45, 7) is 13.8. The molecule has 0 spiro atoms. The largest absolute Gasteiger partial charge is 0.324 e. The summed E-state index contributed by atoms with van der Waals surface area (Å²) in [5, 5.41) is 3.54. The quantitative estimate of drug-likeness (QED) is 0.811. The molecular weight excluding hydrogens is 250 g/mol. The number of rotatable bonds is 6. The van der Waals surface area contributed by atoms with Crippen molar-refractivity contribution < 1.29 is 4.79 Å². The van der Waals surface area contributed by atoms with Crippen molar-refractivity contribution in [2.24, 2.45) is 11.8 Å². The average Bonchev–Trinajstić information content (AvgIpc) is 2.56. The number of nitrogens with zero attached hydrogens (tertiary/aromatic N) is 2. The molecule has 1 saturated heterocycles. The zero-order valence-corrected chi connectivity index (χ0v) is 14.5. The summed E-state index contributed by atoms with van der Waals surface area (Å²) in [7, 11) is 4.15. The molecule has 1 rings (SSSR count). The first kappa shape index (κ1) is 17.4. The van der Waals surface area contributed by atoms with Gasteiger partial charge in [0.15, 0.2) is 0 Å². The lowest BCUT2D eigenvalue weighted by molar-refractivity contribution is -0.132. The van der Waals surface area contributed by atoms with E-state index in [2.05, 4.69) is 70.8 Å². The van der Waals surface area contributed by atoms with Gasteiger partial charge in [-0.3, -0.25) is 10.1 Å². The van der Waals surface area contributed by atoms with Gasteiger partial charge in [0.2, 0.25) is 5.91 Å². The Morgan fingerprint density at radius 1 is 1.25 bits per heavy atom. The SMILES string of the molecule is CC(C)CC1NC(C(C)C)N(CC(C)(C)N(C)C)C1=O. The van der Waals surface area contributed by atoms with E-state index in [4.69, 9.17) is 0 Å². The van der Waals surface area contributed by atoms with Crippen LogP contribution in [-0.2, 0) is 4.79 Å². The highest BCUT2D eigenvalue weighted by atomic mass is 16.2. The van der Waals surface area contributed by atoms with Crippen LogP contribution < -0.4 is 5.32 Å². The lowest BCUT2D eigenvalue weighted by Crippen LogP contribution is -2.53. The van der Waals surface area contributed by atoms with Crippen LogP contribution in [0.5, 0.6) is 0 Å². The molecule has 0 radical (unpaired) electrons. The molecule has 1 amide bonds. The molecule has 20 heavy (non-hydrogen) atoms. The first-order valence-corrected chi connectivity index (χ1v) is 7.80. The molecule has 0 aromatic rings. The Morgan fingerprint density at radius 2 is 1.80 bits per heavy atom. The Hall–Kier alpha value is -0.610. The number of hydrogen-bond donors (Lipinski definition) is 1. The molecule has 118 valence electrons. The average molecular weight is 283 g/mol. The topological polar surface area (TPSA) is 35.6 Å². The standard InChI is InChI=1S/C16H33N3O/c1-11(2)9-13-15(20)19(14(17-13)12(3)4)10-16(5,6)18(7)8/h11-14,17H,9-10H2,1-8H3. The molecule has 0 aliphatic carbocycles. The van der Waals surface area contributed by atoms with Gasteiger partial charge in [0.25, 0.3) is 0 Å². The molecule has 2 atom stereocenters. The summed E-state index contributed by atoms with van der Waals surface area (Å²) in [4.78, 5) is 16.9. The summed E-state index contributed by atoms with van der Waals surface area (Å²) >= 11 is 0. The molecule has 4 nitrogen and oxygen atoms in total. The summed E-state index contributed by atoms with van der Waals surface area (Å²) in [6.07, 6.45) is 1.08. The van der Waals surface area contributed by atoms with E-state index >= 15 is 0 Å². The third-order valence-corrected chi connectivity index (χ3v) is 4.40. The highest BCUT2D eigenvalue weighted by molar-refractivity contribution is 5.84. The number of hydrogen-bond acceptors (Lipinski definition) is 3. The molecule has 1 fully saturated rings. The van der Waals surface area contributed by atoms with Gasteiger partial charge in [-0.25, -0.2) is 0 Å². The van der Waals surface area contributed by atoms with Crippen molar-refractivity contribution in [1.29, 1.82) is 0 Å². The Labute approximate surface area is 124 Å². The van der Waals surface area contributed by atoms with Crippen molar-refractivity contribution in [2.45, 2.75) is 65.7 Å². The molecule has 0 saturated carbocycles. The smallest absolute Gasteiger partial charge is 0.241 e. The monoisotopic (exact) mass is 283 g/mol. The van der Waals surface area contributed by atoms with Crippen molar-refractivity contribution in [3.8, 4) is 0 Å². The lowest BCUT2D eigenvalue weighted by atomic mass is 10.0. The van der Waals surface area contributed by atoms with Crippen LogP contribution >= 0.6 is 0 Å². The van der Waals surface area contributed by atoms with Crippen LogP contribution in [-0.4, -0.2) is 54.1 Å². The van der Waals surface area contributed by atoms with Crippen LogP contribution in [0.25, 0.3) is 0 Å². The van der Waals surface area contributed by atoms with Gasteiger partial charge >= 0.3 is 0 Å². The van der Waals surface area contributed by atoms with Gasteiger partial charge in [-0.05, 0) is 46.2 Å². The molecule has 0 aromatic carbocycles. The Balaban J connectivity index is 2.88. The van der Waals surface area contributed by atoms with Gasteiger partial charge in [-0.2, -0.15) is 0 Å². The van der Waals surface area contributed by atoms with Gasteiger partial charge in [-0.1, -0.05) is 27.7 Å². The predicted molar refractivity (Wildman–Crippen MR) is 84.5 cm³/mol. The third kappa shape index (κ3) is 3.95. The first-order valence-electron chi connectivity index (χ1n) is 7.80. The number of amides is 1. The highest BCUT2D eigenvalue weighted by Gasteiger charge is 2.42.